The average Bonchev–Trinajstić information content (AvgIpc) is 3.01. The summed E-state index contributed by atoms with van der Waals surface area (Å²) in [6, 6.07) is 9.56. The maximum Gasteiger partial charge on any atom is 0.295 e. The van der Waals surface area contributed by atoms with Gasteiger partial charge in [0.2, 0.25) is 0 Å². The third kappa shape index (κ3) is 4.52. The summed E-state index contributed by atoms with van der Waals surface area (Å²) in [7, 11) is 1.52. The Labute approximate surface area is 175 Å². The Balaban J connectivity index is 2.01. The molecule has 3 rings (SSSR count). The molecule has 0 radical (unpaired) electrons. The number of aliphatic hydroxyl groups excluding tert-OH is 1. The molecule has 2 aromatic rings. The first kappa shape index (κ1) is 21.5. The summed E-state index contributed by atoms with van der Waals surface area (Å²) in [6.07, 6.45) is 3.88. The standard InChI is InChI=1S/C23H26N2O5/c1-15(2)30-12-6-11-25-20(17-8-5-10-24-14-17)19(22(27)23(25)28)21(26)16-7-4-9-18(13-16)29-3/h4-5,7-10,13-15,20,26H,6,11-12H2,1-3H3. The molecule has 1 fully saturated rings. The van der Waals surface area contributed by atoms with Crippen LogP contribution in [0.4, 0.5) is 0 Å². The first-order chi connectivity index (χ1) is 14.4. The highest BCUT2D eigenvalue weighted by atomic mass is 16.5. The number of likely N-dealkylation sites (tertiary alicyclic amines) is 1. The molecule has 7 heteroatoms. The van der Waals surface area contributed by atoms with Gasteiger partial charge in [-0.3, -0.25) is 14.6 Å². The van der Waals surface area contributed by atoms with Crippen LogP contribution < -0.4 is 4.74 Å². The van der Waals surface area contributed by atoms with Crippen molar-refractivity contribution in [3.63, 3.8) is 0 Å². The topological polar surface area (TPSA) is 89.0 Å². The van der Waals surface area contributed by atoms with Crippen molar-refractivity contribution in [2.75, 3.05) is 20.3 Å². The lowest BCUT2D eigenvalue weighted by Gasteiger charge is -2.25. The summed E-state index contributed by atoms with van der Waals surface area (Å²) in [5.74, 6) is -1.05. The third-order valence-corrected chi connectivity index (χ3v) is 4.88. The molecule has 1 aliphatic rings. The molecular weight excluding hydrogens is 384 g/mol. The molecule has 1 unspecified atom stereocenters. The highest BCUT2D eigenvalue weighted by molar-refractivity contribution is 6.46. The highest BCUT2D eigenvalue weighted by Gasteiger charge is 2.45. The van der Waals surface area contributed by atoms with Crippen LogP contribution in [0.25, 0.3) is 5.76 Å². The van der Waals surface area contributed by atoms with Crippen molar-refractivity contribution < 1.29 is 24.2 Å². The number of methoxy groups -OCH3 is 1. The van der Waals surface area contributed by atoms with E-state index in [0.717, 1.165) is 0 Å². The lowest BCUT2D eigenvalue weighted by molar-refractivity contribution is -0.140. The van der Waals surface area contributed by atoms with Crippen LogP contribution in [-0.2, 0) is 14.3 Å². The maximum atomic E-state index is 12.9. The van der Waals surface area contributed by atoms with Crippen molar-refractivity contribution in [2.24, 2.45) is 0 Å². The van der Waals surface area contributed by atoms with E-state index in [-0.39, 0.29) is 17.4 Å². The molecular formula is C23H26N2O5. The number of ether oxygens (including phenoxy) is 2. The lowest BCUT2D eigenvalue weighted by Crippen LogP contribution is -2.31. The molecule has 1 aromatic heterocycles. The molecule has 0 aliphatic carbocycles. The van der Waals surface area contributed by atoms with Crippen molar-refractivity contribution in [3.05, 3.63) is 65.5 Å². The van der Waals surface area contributed by atoms with E-state index in [1.54, 1.807) is 48.8 Å². The summed E-state index contributed by atoms with van der Waals surface area (Å²) in [5.41, 5.74) is 1.11. The zero-order chi connectivity index (χ0) is 21.7. The van der Waals surface area contributed by atoms with Gasteiger partial charge < -0.3 is 19.5 Å². The number of carbonyl (C=O) groups excluding carboxylic acids is 2. The van der Waals surface area contributed by atoms with Crippen molar-refractivity contribution in [3.8, 4) is 5.75 Å². The number of ketones is 1. The van der Waals surface area contributed by atoms with Crippen LogP contribution in [0.2, 0.25) is 0 Å². The van der Waals surface area contributed by atoms with Crippen LogP contribution in [-0.4, -0.2) is 53.0 Å². The highest BCUT2D eigenvalue weighted by Crippen LogP contribution is 2.39. The summed E-state index contributed by atoms with van der Waals surface area (Å²) >= 11 is 0. The van der Waals surface area contributed by atoms with Gasteiger partial charge in [0.15, 0.2) is 0 Å². The molecule has 158 valence electrons. The fourth-order valence-electron chi connectivity index (χ4n) is 3.47. The number of aromatic nitrogens is 1. The smallest absolute Gasteiger partial charge is 0.295 e. The van der Waals surface area contributed by atoms with Gasteiger partial charge in [0.1, 0.15) is 11.5 Å². The van der Waals surface area contributed by atoms with E-state index >= 15 is 0 Å². The van der Waals surface area contributed by atoms with E-state index in [2.05, 4.69) is 4.98 Å². The summed E-state index contributed by atoms with van der Waals surface area (Å²) in [5, 5.41) is 11.0. The van der Waals surface area contributed by atoms with Crippen LogP contribution in [0.5, 0.6) is 5.75 Å². The lowest BCUT2D eigenvalue weighted by atomic mass is 9.96. The molecule has 1 saturated heterocycles. The predicted molar refractivity (Wildman–Crippen MR) is 112 cm³/mol. The van der Waals surface area contributed by atoms with Gasteiger partial charge in [-0.15, -0.1) is 0 Å². The number of hydrogen-bond donors (Lipinski definition) is 1. The molecule has 1 aromatic carbocycles. The van der Waals surface area contributed by atoms with Gasteiger partial charge in [-0.1, -0.05) is 18.2 Å². The minimum Gasteiger partial charge on any atom is -0.507 e. The molecule has 30 heavy (non-hydrogen) atoms. The monoisotopic (exact) mass is 410 g/mol. The fraction of sp³-hybridized carbons (Fsp3) is 0.348. The second-order valence-corrected chi connectivity index (χ2v) is 7.28. The Kier molecular flexibility index (Phi) is 6.84. The Hall–Kier alpha value is -3.19. The Bertz CT molecular complexity index is 940. The van der Waals surface area contributed by atoms with E-state index in [1.807, 2.05) is 13.8 Å². The second-order valence-electron chi connectivity index (χ2n) is 7.28. The van der Waals surface area contributed by atoms with Crippen molar-refractivity contribution in [1.82, 2.24) is 9.88 Å². The Morgan fingerprint density at radius 1 is 1.23 bits per heavy atom. The van der Waals surface area contributed by atoms with E-state index < -0.39 is 17.7 Å². The Morgan fingerprint density at radius 3 is 2.70 bits per heavy atom. The van der Waals surface area contributed by atoms with E-state index in [0.29, 0.717) is 36.4 Å². The molecule has 1 amide bonds. The zero-order valence-electron chi connectivity index (χ0n) is 17.4. The third-order valence-electron chi connectivity index (χ3n) is 4.88. The normalized spacial score (nSPS) is 18.3. The van der Waals surface area contributed by atoms with Gasteiger partial charge in [0.05, 0.1) is 24.8 Å². The van der Waals surface area contributed by atoms with Crippen LogP contribution in [0.15, 0.2) is 54.4 Å². The summed E-state index contributed by atoms with van der Waals surface area (Å²) in [6.45, 7) is 4.67. The first-order valence-corrected chi connectivity index (χ1v) is 9.88. The van der Waals surface area contributed by atoms with Crippen LogP contribution in [0.1, 0.15) is 37.4 Å². The number of hydrogen-bond acceptors (Lipinski definition) is 6. The Morgan fingerprint density at radius 2 is 2.03 bits per heavy atom. The fourth-order valence-corrected chi connectivity index (χ4v) is 3.47. The van der Waals surface area contributed by atoms with Gasteiger partial charge in [0.25, 0.3) is 11.7 Å². The van der Waals surface area contributed by atoms with E-state index in [9.17, 15) is 14.7 Å². The van der Waals surface area contributed by atoms with Crippen LogP contribution >= 0.6 is 0 Å². The number of carbonyl (C=O) groups is 2. The molecule has 1 N–H and O–H groups in total. The molecule has 1 atom stereocenters. The SMILES string of the molecule is COc1cccc(C(O)=C2C(=O)C(=O)N(CCCOC(C)C)C2c2cccnc2)c1. The van der Waals surface area contributed by atoms with Gasteiger partial charge in [-0.2, -0.15) is 0 Å². The van der Waals surface area contributed by atoms with Crippen molar-refractivity contribution >= 4 is 17.4 Å². The maximum absolute atomic E-state index is 12.9. The quantitative estimate of drug-likeness (QED) is 0.311. The first-order valence-electron chi connectivity index (χ1n) is 9.88. The van der Waals surface area contributed by atoms with Crippen LogP contribution in [0.3, 0.4) is 0 Å². The van der Waals surface area contributed by atoms with Crippen molar-refractivity contribution in [1.29, 1.82) is 0 Å². The molecule has 2 heterocycles. The van der Waals surface area contributed by atoms with Gasteiger partial charge in [-0.05, 0) is 44.0 Å². The number of Topliss-reactive ketones (excluding diaryl/α,β-unsaturated/α-hetero) is 1. The number of benzene rings is 1. The number of aliphatic hydroxyl groups is 1. The zero-order valence-corrected chi connectivity index (χ0v) is 17.4. The van der Waals surface area contributed by atoms with Gasteiger partial charge in [0, 0.05) is 31.1 Å². The molecule has 7 nitrogen and oxygen atoms in total. The van der Waals surface area contributed by atoms with E-state index in [1.165, 1.54) is 12.0 Å². The molecule has 0 spiro atoms. The second kappa shape index (κ2) is 9.54. The van der Waals surface area contributed by atoms with Crippen molar-refractivity contribution in [2.45, 2.75) is 32.4 Å². The number of amides is 1. The minimum absolute atomic E-state index is 0.0473. The largest absolute Gasteiger partial charge is 0.507 e. The number of pyridine rings is 1. The summed E-state index contributed by atoms with van der Waals surface area (Å²) in [4.78, 5) is 31.4. The summed E-state index contributed by atoms with van der Waals surface area (Å²) < 4.78 is 10.8. The number of rotatable bonds is 8. The number of nitrogens with zero attached hydrogens (tertiary/aromatic N) is 2. The van der Waals surface area contributed by atoms with Crippen LogP contribution in [0, 0.1) is 0 Å². The molecule has 0 saturated carbocycles. The minimum atomic E-state index is -0.719. The van der Waals surface area contributed by atoms with E-state index in [4.69, 9.17) is 9.47 Å². The average molecular weight is 410 g/mol. The molecule has 1 aliphatic heterocycles. The van der Waals surface area contributed by atoms with Gasteiger partial charge in [-0.25, -0.2) is 0 Å². The molecule has 0 bridgehead atoms. The van der Waals surface area contributed by atoms with Gasteiger partial charge >= 0.3 is 0 Å². The predicted octanol–water partition coefficient (Wildman–Crippen LogP) is 3.33.